The second kappa shape index (κ2) is 10.1. The van der Waals surface area contributed by atoms with Gasteiger partial charge in [0.05, 0.1) is 18.0 Å². The average molecular weight is 494 g/mol. The van der Waals surface area contributed by atoms with Gasteiger partial charge in [-0.3, -0.25) is 19.4 Å². The van der Waals surface area contributed by atoms with Crippen LogP contribution < -0.4 is 10.9 Å². The summed E-state index contributed by atoms with van der Waals surface area (Å²) in [4.78, 5) is 48.6. The maximum atomic E-state index is 13.6. The predicted octanol–water partition coefficient (Wildman–Crippen LogP) is 1.27. The van der Waals surface area contributed by atoms with E-state index in [-0.39, 0.29) is 30.5 Å². The number of pyridine rings is 2. The van der Waals surface area contributed by atoms with Gasteiger partial charge in [0.25, 0.3) is 5.56 Å². The van der Waals surface area contributed by atoms with Gasteiger partial charge in [-0.15, -0.1) is 0 Å². The molecule has 0 unspecified atom stereocenters. The minimum atomic E-state index is -0.611. The summed E-state index contributed by atoms with van der Waals surface area (Å²) in [5.41, 5.74) is 1.77. The van der Waals surface area contributed by atoms with E-state index in [2.05, 4.69) is 15.2 Å². The highest BCUT2D eigenvalue weighted by Crippen LogP contribution is 2.49. The number of nitrogens with one attached hydrogen (secondary N) is 1. The number of aliphatic hydroxyl groups is 1. The van der Waals surface area contributed by atoms with Crippen molar-refractivity contribution in [2.75, 3.05) is 33.8 Å². The second-order valence-corrected chi connectivity index (χ2v) is 10.6. The lowest BCUT2D eigenvalue weighted by Crippen LogP contribution is -2.49. The van der Waals surface area contributed by atoms with Gasteiger partial charge in [0.2, 0.25) is 11.8 Å². The number of nitrogens with zero attached hydrogens (tertiary/aromatic N) is 4. The molecule has 2 amide bonds. The van der Waals surface area contributed by atoms with Crippen molar-refractivity contribution in [3.8, 4) is 11.1 Å². The van der Waals surface area contributed by atoms with Crippen LogP contribution in [0, 0.1) is 17.8 Å². The molecule has 2 bridgehead atoms. The third-order valence-electron chi connectivity index (χ3n) is 7.85. The van der Waals surface area contributed by atoms with Crippen LogP contribution >= 0.6 is 0 Å². The smallest absolute Gasteiger partial charge is 0.258 e. The molecule has 2 aromatic rings. The zero-order valence-electron chi connectivity index (χ0n) is 21.0. The van der Waals surface area contributed by atoms with Crippen LogP contribution in [0.25, 0.3) is 11.1 Å². The summed E-state index contributed by atoms with van der Waals surface area (Å²) in [6.45, 7) is 1.42. The summed E-state index contributed by atoms with van der Waals surface area (Å²) in [5.74, 6) is -0.793. The highest BCUT2D eigenvalue weighted by Gasteiger charge is 2.57. The molecule has 1 saturated carbocycles. The van der Waals surface area contributed by atoms with Crippen LogP contribution in [0.1, 0.15) is 37.4 Å². The molecule has 1 aliphatic carbocycles. The maximum Gasteiger partial charge on any atom is 0.258 e. The molecule has 4 atom stereocenters. The molecule has 0 aromatic carbocycles. The second-order valence-electron chi connectivity index (χ2n) is 10.6. The van der Waals surface area contributed by atoms with Crippen molar-refractivity contribution in [2.24, 2.45) is 17.8 Å². The zero-order chi connectivity index (χ0) is 25.4. The minimum absolute atomic E-state index is 0.0175. The van der Waals surface area contributed by atoms with Crippen LogP contribution in [0.2, 0.25) is 0 Å². The summed E-state index contributed by atoms with van der Waals surface area (Å²) in [6.07, 6.45) is 6.69. The van der Waals surface area contributed by atoms with Gasteiger partial charge in [-0.2, -0.15) is 0 Å². The number of amides is 2. The molecule has 0 spiro atoms. The third-order valence-corrected chi connectivity index (χ3v) is 7.85. The quantitative estimate of drug-likeness (QED) is 0.510. The van der Waals surface area contributed by atoms with Gasteiger partial charge in [-0.05, 0) is 64.0 Å². The molecule has 192 valence electrons. The molecule has 9 heteroatoms. The first kappa shape index (κ1) is 24.6. The molecule has 3 aliphatic rings. The van der Waals surface area contributed by atoms with Crippen molar-refractivity contribution in [2.45, 2.75) is 44.3 Å². The predicted molar refractivity (Wildman–Crippen MR) is 135 cm³/mol. The standard InChI is InChI=1S/C27H35N5O4/c1-30(2)12-4-11-29-26(35)24-20(16-33)22-15-31-21(25(24)32(22)23(34)13-17-6-7-17)9-8-19(27(31)36)18-5-3-10-28-14-18/h3,5,8-10,14,17,20,22,24-25,33H,4,6-7,11-13,15-16H2,1-2H3,(H,29,35)/t20-,22-,24+,25+/m1/s1. The topological polar surface area (TPSA) is 108 Å². The molecule has 0 radical (unpaired) electrons. The Morgan fingerprint density at radius 1 is 1.22 bits per heavy atom. The van der Waals surface area contributed by atoms with E-state index in [4.69, 9.17) is 0 Å². The van der Waals surface area contributed by atoms with E-state index in [9.17, 15) is 19.5 Å². The van der Waals surface area contributed by atoms with Gasteiger partial charge < -0.3 is 24.8 Å². The molecule has 2 aromatic heterocycles. The first-order valence-corrected chi connectivity index (χ1v) is 12.9. The number of aliphatic hydroxyl groups excluding tert-OH is 1. The zero-order valence-corrected chi connectivity index (χ0v) is 21.0. The van der Waals surface area contributed by atoms with Crippen molar-refractivity contribution in [3.63, 3.8) is 0 Å². The summed E-state index contributed by atoms with van der Waals surface area (Å²) in [5, 5.41) is 13.5. The van der Waals surface area contributed by atoms with Gasteiger partial charge in [0.1, 0.15) is 0 Å². The lowest BCUT2D eigenvalue weighted by molar-refractivity contribution is -0.137. The number of hydrogen-bond acceptors (Lipinski definition) is 6. The first-order valence-electron chi connectivity index (χ1n) is 12.9. The fourth-order valence-corrected chi connectivity index (χ4v) is 5.89. The Hall–Kier alpha value is -3.04. The molecule has 36 heavy (non-hydrogen) atoms. The Bertz CT molecular complexity index is 1180. The molecule has 2 aliphatic heterocycles. The summed E-state index contributed by atoms with van der Waals surface area (Å²) >= 11 is 0. The number of rotatable bonds is 9. The SMILES string of the molecule is CN(C)CCCNC(=O)[C@H]1[C@H](CO)[C@H]2Cn3c(ccc(-c4cccnc4)c3=O)[C@@H]1N2C(=O)CC1CC1. The number of hydrogen-bond donors (Lipinski definition) is 2. The fraction of sp³-hybridized carbons (Fsp3) is 0.556. The monoisotopic (exact) mass is 493 g/mol. The normalized spacial score (nSPS) is 24.6. The van der Waals surface area contributed by atoms with E-state index in [0.29, 0.717) is 30.1 Å². The van der Waals surface area contributed by atoms with E-state index in [1.807, 2.05) is 31.1 Å². The Labute approximate surface area is 211 Å². The van der Waals surface area contributed by atoms with Crippen molar-refractivity contribution >= 4 is 11.8 Å². The van der Waals surface area contributed by atoms with Gasteiger partial charge in [-0.25, -0.2) is 0 Å². The fourth-order valence-electron chi connectivity index (χ4n) is 5.89. The Kier molecular flexibility index (Phi) is 6.94. The molecule has 5 rings (SSSR count). The number of carbonyl (C=O) groups is 2. The molecule has 9 nitrogen and oxygen atoms in total. The Morgan fingerprint density at radius 2 is 2.03 bits per heavy atom. The van der Waals surface area contributed by atoms with Crippen LogP contribution in [0.4, 0.5) is 0 Å². The van der Waals surface area contributed by atoms with E-state index >= 15 is 0 Å². The summed E-state index contributed by atoms with van der Waals surface area (Å²) in [7, 11) is 3.98. The van der Waals surface area contributed by atoms with Crippen molar-refractivity contribution in [1.82, 2.24) is 24.7 Å². The molecule has 4 heterocycles. The summed E-state index contributed by atoms with van der Waals surface area (Å²) < 4.78 is 1.71. The van der Waals surface area contributed by atoms with Gasteiger partial charge in [-0.1, -0.05) is 6.07 Å². The molecule has 2 fully saturated rings. The third kappa shape index (κ3) is 4.57. The van der Waals surface area contributed by atoms with Crippen LogP contribution in [0.15, 0.2) is 41.5 Å². The summed E-state index contributed by atoms with van der Waals surface area (Å²) in [6, 6.07) is 6.30. The minimum Gasteiger partial charge on any atom is -0.396 e. The highest BCUT2D eigenvalue weighted by molar-refractivity contribution is 5.84. The molecule has 1 saturated heterocycles. The van der Waals surface area contributed by atoms with Crippen molar-refractivity contribution in [1.29, 1.82) is 0 Å². The highest BCUT2D eigenvalue weighted by atomic mass is 16.3. The van der Waals surface area contributed by atoms with Crippen LogP contribution in [0.5, 0.6) is 0 Å². The first-order chi connectivity index (χ1) is 17.4. The van der Waals surface area contributed by atoms with E-state index < -0.39 is 23.9 Å². The Balaban J connectivity index is 1.51. The molecular weight excluding hydrogens is 458 g/mol. The van der Waals surface area contributed by atoms with Crippen LogP contribution in [-0.4, -0.2) is 76.1 Å². The van der Waals surface area contributed by atoms with E-state index in [1.54, 1.807) is 29.1 Å². The molecule has 2 N–H and O–H groups in total. The van der Waals surface area contributed by atoms with Gasteiger partial charge in [0, 0.05) is 61.2 Å². The number of fused-ring (bicyclic) bond motifs is 4. The molecular formula is C27H35N5O4. The van der Waals surface area contributed by atoms with Crippen LogP contribution in [0.3, 0.4) is 0 Å². The number of carbonyl (C=O) groups excluding carboxylic acids is 2. The van der Waals surface area contributed by atoms with E-state index in [1.165, 1.54) is 0 Å². The maximum absolute atomic E-state index is 13.6. The van der Waals surface area contributed by atoms with Crippen LogP contribution in [-0.2, 0) is 16.1 Å². The van der Waals surface area contributed by atoms with Crippen molar-refractivity contribution < 1.29 is 14.7 Å². The lowest BCUT2D eigenvalue weighted by Gasteiger charge is -2.38. The van der Waals surface area contributed by atoms with Crippen molar-refractivity contribution in [3.05, 3.63) is 52.7 Å². The van der Waals surface area contributed by atoms with Gasteiger partial charge in [0.15, 0.2) is 0 Å². The largest absolute Gasteiger partial charge is 0.396 e. The van der Waals surface area contributed by atoms with E-state index in [0.717, 1.165) is 31.4 Å². The number of aromatic nitrogens is 2. The average Bonchev–Trinajstić information content (AvgIpc) is 3.64. The Morgan fingerprint density at radius 3 is 2.69 bits per heavy atom. The van der Waals surface area contributed by atoms with Gasteiger partial charge >= 0.3 is 0 Å². The lowest BCUT2D eigenvalue weighted by atomic mass is 9.86.